The van der Waals surface area contributed by atoms with Crippen LogP contribution in [0.1, 0.15) is 25.7 Å². The Balaban J connectivity index is 2.19. The fraction of sp³-hybridized carbons (Fsp3) is 0.875. The molecule has 1 aliphatic heterocycles. The van der Waals surface area contributed by atoms with Gasteiger partial charge in [0, 0.05) is 12.0 Å². The standard InChI is InChI=1S/C8H13NO/c10-7-5-9-6-8(7)3-1-2-4-8/h9H,1-6H2. The molecule has 0 atom stereocenters. The van der Waals surface area contributed by atoms with Crippen LogP contribution in [0.5, 0.6) is 0 Å². The Kier molecular flexibility index (Phi) is 1.31. The molecule has 0 aromatic carbocycles. The number of carbonyl (C=O) groups is 1. The molecule has 0 bridgehead atoms. The van der Waals surface area contributed by atoms with Crippen molar-refractivity contribution >= 4 is 5.78 Å². The van der Waals surface area contributed by atoms with Gasteiger partial charge >= 0.3 is 0 Å². The van der Waals surface area contributed by atoms with Crippen molar-refractivity contribution in [1.29, 1.82) is 0 Å². The first-order valence-electron chi connectivity index (χ1n) is 4.08. The number of rotatable bonds is 0. The Morgan fingerprint density at radius 1 is 1.30 bits per heavy atom. The molecule has 1 N–H and O–H groups in total. The lowest BCUT2D eigenvalue weighted by Gasteiger charge is -2.17. The Morgan fingerprint density at radius 3 is 2.50 bits per heavy atom. The van der Waals surface area contributed by atoms with E-state index in [-0.39, 0.29) is 5.41 Å². The molecule has 2 fully saturated rings. The van der Waals surface area contributed by atoms with Crippen LogP contribution in [0, 0.1) is 5.41 Å². The molecular formula is C8H13NO. The summed E-state index contributed by atoms with van der Waals surface area (Å²) in [6, 6.07) is 0. The van der Waals surface area contributed by atoms with Gasteiger partial charge in [-0.2, -0.15) is 0 Å². The number of hydrogen-bond donors (Lipinski definition) is 1. The van der Waals surface area contributed by atoms with E-state index < -0.39 is 0 Å². The van der Waals surface area contributed by atoms with Crippen LogP contribution in [0.15, 0.2) is 0 Å². The molecule has 0 aromatic heterocycles. The van der Waals surface area contributed by atoms with Crippen LogP contribution >= 0.6 is 0 Å². The summed E-state index contributed by atoms with van der Waals surface area (Å²) < 4.78 is 0. The minimum atomic E-state index is 0.0972. The van der Waals surface area contributed by atoms with Crippen molar-refractivity contribution in [3.63, 3.8) is 0 Å². The fourth-order valence-electron chi connectivity index (χ4n) is 2.21. The highest BCUT2D eigenvalue weighted by atomic mass is 16.1. The molecule has 10 heavy (non-hydrogen) atoms. The van der Waals surface area contributed by atoms with E-state index in [9.17, 15) is 4.79 Å². The molecule has 1 heterocycles. The van der Waals surface area contributed by atoms with E-state index >= 15 is 0 Å². The van der Waals surface area contributed by atoms with Gasteiger partial charge in [-0.25, -0.2) is 0 Å². The molecule has 1 saturated heterocycles. The van der Waals surface area contributed by atoms with E-state index in [1.54, 1.807) is 0 Å². The number of Topliss-reactive ketones (excluding diaryl/α,β-unsaturated/α-hetero) is 1. The summed E-state index contributed by atoms with van der Waals surface area (Å²) in [6.45, 7) is 1.58. The summed E-state index contributed by atoms with van der Waals surface area (Å²) in [7, 11) is 0. The second-order valence-electron chi connectivity index (χ2n) is 3.51. The molecule has 1 saturated carbocycles. The van der Waals surface area contributed by atoms with Crippen molar-refractivity contribution in [2.45, 2.75) is 25.7 Å². The van der Waals surface area contributed by atoms with Gasteiger partial charge in [0.2, 0.25) is 0 Å². The van der Waals surface area contributed by atoms with E-state index in [1.165, 1.54) is 12.8 Å². The van der Waals surface area contributed by atoms with Crippen LogP contribution in [0.4, 0.5) is 0 Å². The lowest BCUT2D eigenvalue weighted by Crippen LogP contribution is -2.26. The highest BCUT2D eigenvalue weighted by Crippen LogP contribution is 2.40. The van der Waals surface area contributed by atoms with Crippen LogP contribution in [-0.4, -0.2) is 18.9 Å². The third-order valence-corrected chi connectivity index (χ3v) is 2.90. The molecule has 0 unspecified atom stereocenters. The van der Waals surface area contributed by atoms with Crippen LogP contribution < -0.4 is 5.32 Å². The zero-order valence-electron chi connectivity index (χ0n) is 6.15. The first-order valence-corrected chi connectivity index (χ1v) is 4.08. The molecule has 2 aliphatic rings. The highest BCUT2D eigenvalue weighted by molar-refractivity contribution is 5.89. The molecule has 0 amide bonds. The molecular weight excluding hydrogens is 126 g/mol. The second kappa shape index (κ2) is 2.06. The van der Waals surface area contributed by atoms with Gasteiger partial charge in [-0.1, -0.05) is 12.8 Å². The lowest BCUT2D eigenvalue weighted by atomic mass is 9.85. The molecule has 0 aromatic rings. The number of hydrogen-bond acceptors (Lipinski definition) is 2. The van der Waals surface area contributed by atoms with Gasteiger partial charge in [-0.05, 0) is 12.8 Å². The van der Waals surface area contributed by atoms with Gasteiger partial charge in [0.05, 0.1) is 6.54 Å². The Hall–Kier alpha value is -0.370. The Labute approximate surface area is 61.0 Å². The summed E-state index contributed by atoms with van der Waals surface area (Å²) in [5.74, 6) is 0.463. The van der Waals surface area contributed by atoms with E-state index in [1.807, 2.05) is 0 Å². The number of carbonyl (C=O) groups excluding carboxylic acids is 1. The third kappa shape index (κ3) is 0.717. The highest BCUT2D eigenvalue weighted by Gasteiger charge is 2.43. The van der Waals surface area contributed by atoms with Crippen molar-refractivity contribution in [1.82, 2.24) is 5.32 Å². The Morgan fingerprint density at radius 2 is 2.00 bits per heavy atom. The number of nitrogens with one attached hydrogen (secondary N) is 1. The topological polar surface area (TPSA) is 29.1 Å². The fourth-order valence-corrected chi connectivity index (χ4v) is 2.21. The van der Waals surface area contributed by atoms with Crippen molar-refractivity contribution in [2.75, 3.05) is 13.1 Å². The third-order valence-electron chi connectivity index (χ3n) is 2.90. The summed E-state index contributed by atoms with van der Waals surface area (Å²) in [5, 5.41) is 3.16. The molecule has 0 radical (unpaired) electrons. The summed E-state index contributed by atoms with van der Waals surface area (Å²) in [4.78, 5) is 11.3. The predicted molar refractivity (Wildman–Crippen MR) is 38.8 cm³/mol. The van der Waals surface area contributed by atoms with Crippen LogP contribution in [0.2, 0.25) is 0 Å². The van der Waals surface area contributed by atoms with E-state index in [0.29, 0.717) is 12.3 Å². The summed E-state index contributed by atoms with van der Waals surface area (Å²) in [6.07, 6.45) is 4.79. The van der Waals surface area contributed by atoms with Crippen LogP contribution in [-0.2, 0) is 4.79 Å². The van der Waals surface area contributed by atoms with Gasteiger partial charge in [0.15, 0.2) is 5.78 Å². The molecule has 1 aliphatic carbocycles. The van der Waals surface area contributed by atoms with Crippen LogP contribution in [0.25, 0.3) is 0 Å². The maximum absolute atomic E-state index is 11.3. The number of ketones is 1. The zero-order valence-corrected chi connectivity index (χ0v) is 6.15. The van der Waals surface area contributed by atoms with Gasteiger partial charge in [-0.15, -0.1) is 0 Å². The van der Waals surface area contributed by atoms with Gasteiger partial charge in [0.25, 0.3) is 0 Å². The van der Waals surface area contributed by atoms with E-state index in [4.69, 9.17) is 0 Å². The van der Waals surface area contributed by atoms with Gasteiger partial charge in [0.1, 0.15) is 0 Å². The zero-order chi connectivity index (χ0) is 7.03. The minimum Gasteiger partial charge on any atom is -0.309 e. The van der Waals surface area contributed by atoms with Crippen molar-refractivity contribution < 1.29 is 4.79 Å². The molecule has 1 spiro atoms. The maximum Gasteiger partial charge on any atom is 0.154 e. The largest absolute Gasteiger partial charge is 0.309 e. The minimum absolute atomic E-state index is 0.0972. The van der Waals surface area contributed by atoms with E-state index in [2.05, 4.69) is 5.32 Å². The lowest BCUT2D eigenvalue weighted by molar-refractivity contribution is -0.124. The van der Waals surface area contributed by atoms with Crippen molar-refractivity contribution in [3.05, 3.63) is 0 Å². The SMILES string of the molecule is O=C1CNCC12CCCC2. The summed E-state index contributed by atoms with van der Waals surface area (Å²) >= 11 is 0. The Bertz CT molecular complexity index is 153. The normalized spacial score (nSPS) is 30.2. The first-order chi connectivity index (χ1) is 4.83. The predicted octanol–water partition coefficient (Wildman–Crippen LogP) is 0.719. The van der Waals surface area contributed by atoms with Gasteiger partial charge in [-0.3, -0.25) is 4.79 Å². The van der Waals surface area contributed by atoms with Gasteiger partial charge < -0.3 is 5.32 Å². The maximum atomic E-state index is 11.3. The quantitative estimate of drug-likeness (QED) is 0.535. The van der Waals surface area contributed by atoms with Crippen molar-refractivity contribution in [2.24, 2.45) is 5.41 Å². The summed E-state index contributed by atoms with van der Waals surface area (Å²) in [5.41, 5.74) is 0.0972. The average molecular weight is 139 g/mol. The van der Waals surface area contributed by atoms with Crippen LogP contribution in [0.3, 0.4) is 0 Å². The molecule has 56 valence electrons. The average Bonchev–Trinajstić information content (AvgIpc) is 2.48. The first kappa shape index (κ1) is 6.35. The van der Waals surface area contributed by atoms with Crippen molar-refractivity contribution in [3.8, 4) is 0 Å². The second-order valence-corrected chi connectivity index (χ2v) is 3.51. The molecule has 2 rings (SSSR count). The smallest absolute Gasteiger partial charge is 0.154 e. The molecule has 2 heteroatoms. The molecule has 2 nitrogen and oxygen atoms in total. The van der Waals surface area contributed by atoms with E-state index in [0.717, 1.165) is 19.4 Å². The monoisotopic (exact) mass is 139 g/mol.